The van der Waals surface area contributed by atoms with E-state index in [1.54, 1.807) is 11.3 Å². The molecular formula is C10H10N2S2. The minimum atomic E-state index is 0.887. The van der Waals surface area contributed by atoms with Crippen LogP contribution in [0.25, 0.3) is 0 Å². The summed E-state index contributed by atoms with van der Waals surface area (Å²) < 4.78 is 0.927. The standard InChI is InChI=1S/C10H10N2S2/c11-14-10-12-9(7-13-10)6-8-4-2-1-3-5-8/h1-5,7H,6,11H2. The molecule has 2 nitrogen and oxygen atoms in total. The summed E-state index contributed by atoms with van der Waals surface area (Å²) in [6, 6.07) is 10.3. The maximum absolute atomic E-state index is 5.42. The van der Waals surface area contributed by atoms with Crippen molar-refractivity contribution in [2.75, 3.05) is 0 Å². The summed E-state index contributed by atoms with van der Waals surface area (Å²) in [5.74, 6) is 0. The Kier molecular flexibility index (Phi) is 3.18. The van der Waals surface area contributed by atoms with Gasteiger partial charge in [-0.05, 0) is 17.5 Å². The first-order valence-corrected chi connectivity index (χ1v) is 5.99. The van der Waals surface area contributed by atoms with Gasteiger partial charge in [-0.1, -0.05) is 30.3 Å². The number of thiazole rings is 1. The summed E-state index contributed by atoms with van der Waals surface area (Å²) in [4.78, 5) is 4.38. The molecule has 2 N–H and O–H groups in total. The lowest BCUT2D eigenvalue weighted by atomic mass is 10.1. The molecule has 0 bridgehead atoms. The highest BCUT2D eigenvalue weighted by Crippen LogP contribution is 2.19. The van der Waals surface area contributed by atoms with Gasteiger partial charge in [0.15, 0.2) is 4.34 Å². The molecule has 2 aromatic rings. The largest absolute Gasteiger partial charge is 0.272 e. The van der Waals surface area contributed by atoms with E-state index in [0.717, 1.165) is 16.5 Å². The van der Waals surface area contributed by atoms with Gasteiger partial charge in [0.25, 0.3) is 0 Å². The van der Waals surface area contributed by atoms with Crippen molar-refractivity contribution in [3.63, 3.8) is 0 Å². The molecule has 0 fully saturated rings. The highest BCUT2D eigenvalue weighted by molar-refractivity contribution is 7.98. The molecule has 14 heavy (non-hydrogen) atoms. The molecule has 0 spiro atoms. The van der Waals surface area contributed by atoms with Crippen molar-refractivity contribution in [2.45, 2.75) is 10.8 Å². The predicted octanol–water partition coefficient (Wildman–Crippen LogP) is 2.70. The topological polar surface area (TPSA) is 38.9 Å². The minimum absolute atomic E-state index is 0.887. The lowest BCUT2D eigenvalue weighted by Gasteiger charge is -1.95. The Morgan fingerprint density at radius 3 is 2.71 bits per heavy atom. The van der Waals surface area contributed by atoms with E-state index in [2.05, 4.69) is 22.5 Å². The van der Waals surface area contributed by atoms with Crippen LogP contribution < -0.4 is 5.14 Å². The third-order valence-corrected chi connectivity index (χ3v) is 3.41. The maximum Gasteiger partial charge on any atom is 0.164 e. The van der Waals surface area contributed by atoms with Gasteiger partial charge in [0.1, 0.15) is 0 Å². The van der Waals surface area contributed by atoms with Crippen molar-refractivity contribution in [3.05, 3.63) is 47.0 Å². The highest BCUT2D eigenvalue weighted by atomic mass is 32.2. The van der Waals surface area contributed by atoms with E-state index in [0.29, 0.717) is 0 Å². The summed E-state index contributed by atoms with van der Waals surface area (Å²) in [6.07, 6.45) is 0.887. The van der Waals surface area contributed by atoms with E-state index < -0.39 is 0 Å². The summed E-state index contributed by atoms with van der Waals surface area (Å²) in [5.41, 5.74) is 2.38. The molecule has 0 saturated heterocycles. The number of benzene rings is 1. The van der Waals surface area contributed by atoms with Crippen LogP contribution in [0.5, 0.6) is 0 Å². The van der Waals surface area contributed by atoms with E-state index in [1.807, 2.05) is 18.2 Å². The van der Waals surface area contributed by atoms with Crippen molar-refractivity contribution < 1.29 is 0 Å². The number of nitrogens with two attached hydrogens (primary N) is 1. The van der Waals surface area contributed by atoms with Gasteiger partial charge in [0, 0.05) is 11.8 Å². The van der Waals surface area contributed by atoms with Crippen molar-refractivity contribution >= 4 is 23.3 Å². The Morgan fingerprint density at radius 2 is 2.07 bits per heavy atom. The molecule has 72 valence electrons. The summed E-state index contributed by atoms with van der Waals surface area (Å²) in [7, 11) is 0. The zero-order valence-electron chi connectivity index (χ0n) is 7.51. The Morgan fingerprint density at radius 1 is 1.29 bits per heavy atom. The van der Waals surface area contributed by atoms with Crippen molar-refractivity contribution in [1.82, 2.24) is 4.98 Å². The van der Waals surface area contributed by atoms with Gasteiger partial charge in [-0.2, -0.15) is 0 Å². The first-order valence-electron chi connectivity index (χ1n) is 4.23. The van der Waals surface area contributed by atoms with Crippen LogP contribution in [-0.4, -0.2) is 4.98 Å². The quantitative estimate of drug-likeness (QED) is 0.812. The molecule has 0 unspecified atom stereocenters. The fourth-order valence-electron chi connectivity index (χ4n) is 1.23. The van der Waals surface area contributed by atoms with Gasteiger partial charge in [-0.25, -0.2) is 4.98 Å². The molecule has 1 aromatic carbocycles. The summed E-state index contributed by atoms with van der Waals surface area (Å²) in [5, 5.41) is 7.48. The molecule has 0 radical (unpaired) electrons. The summed E-state index contributed by atoms with van der Waals surface area (Å²) >= 11 is 2.80. The first-order chi connectivity index (χ1) is 6.88. The molecule has 4 heteroatoms. The van der Waals surface area contributed by atoms with Gasteiger partial charge >= 0.3 is 0 Å². The molecule has 2 rings (SSSR count). The number of nitrogens with zero attached hydrogens (tertiary/aromatic N) is 1. The zero-order valence-corrected chi connectivity index (χ0v) is 9.15. The van der Waals surface area contributed by atoms with Crippen molar-refractivity contribution in [2.24, 2.45) is 5.14 Å². The molecule has 0 saturated carbocycles. The second-order valence-electron chi connectivity index (χ2n) is 2.88. The third-order valence-electron chi connectivity index (χ3n) is 1.86. The molecule has 1 heterocycles. The van der Waals surface area contributed by atoms with Crippen LogP contribution in [0, 0.1) is 0 Å². The van der Waals surface area contributed by atoms with Crippen LogP contribution in [0.3, 0.4) is 0 Å². The van der Waals surface area contributed by atoms with Crippen LogP contribution in [0.1, 0.15) is 11.3 Å². The monoisotopic (exact) mass is 222 g/mol. The second-order valence-corrected chi connectivity index (χ2v) is 4.62. The highest BCUT2D eigenvalue weighted by Gasteiger charge is 2.01. The van der Waals surface area contributed by atoms with Gasteiger partial charge < -0.3 is 0 Å². The number of aromatic nitrogens is 1. The minimum Gasteiger partial charge on any atom is -0.272 e. The zero-order chi connectivity index (χ0) is 9.80. The van der Waals surface area contributed by atoms with Gasteiger partial charge in [-0.15, -0.1) is 11.3 Å². The van der Waals surface area contributed by atoms with Crippen LogP contribution in [-0.2, 0) is 6.42 Å². The Bertz CT molecular complexity index is 398. The van der Waals surface area contributed by atoms with E-state index in [4.69, 9.17) is 5.14 Å². The van der Waals surface area contributed by atoms with Crippen LogP contribution in [0.2, 0.25) is 0 Å². The number of rotatable bonds is 3. The molecule has 1 aromatic heterocycles. The smallest absolute Gasteiger partial charge is 0.164 e. The molecule has 0 amide bonds. The average Bonchev–Trinajstić information content (AvgIpc) is 2.67. The fourth-order valence-corrected chi connectivity index (χ4v) is 2.31. The first kappa shape index (κ1) is 9.71. The molecule has 0 atom stereocenters. The van der Waals surface area contributed by atoms with E-state index in [-0.39, 0.29) is 0 Å². The molecule has 0 aliphatic heterocycles. The lowest BCUT2D eigenvalue weighted by Crippen LogP contribution is -1.87. The van der Waals surface area contributed by atoms with E-state index in [9.17, 15) is 0 Å². The van der Waals surface area contributed by atoms with Crippen LogP contribution in [0.4, 0.5) is 0 Å². The molecule has 0 aliphatic rings. The fraction of sp³-hybridized carbons (Fsp3) is 0.100. The van der Waals surface area contributed by atoms with E-state index >= 15 is 0 Å². The van der Waals surface area contributed by atoms with Crippen molar-refractivity contribution in [3.8, 4) is 0 Å². The maximum atomic E-state index is 5.42. The number of hydrogen-bond acceptors (Lipinski definition) is 4. The Labute approximate surface area is 91.3 Å². The van der Waals surface area contributed by atoms with E-state index in [1.165, 1.54) is 17.5 Å². The average molecular weight is 222 g/mol. The Hall–Kier alpha value is -0.840. The normalized spacial score (nSPS) is 10.4. The predicted molar refractivity (Wildman–Crippen MR) is 61.4 cm³/mol. The van der Waals surface area contributed by atoms with Crippen molar-refractivity contribution in [1.29, 1.82) is 0 Å². The Balaban J connectivity index is 2.11. The van der Waals surface area contributed by atoms with Gasteiger partial charge in [0.05, 0.1) is 5.69 Å². The van der Waals surface area contributed by atoms with Gasteiger partial charge in [-0.3, -0.25) is 5.14 Å². The third kappa shape index (κ3) is 2.35. The second kappa shape index (κ2) is 4.59. The number of hydrogen-bond donors (Lipinski definition) is 1. The lowest BCUT2D eigenvalue weighted by molar-refractivity contribution is 1.06. The van der Waals surface area contributed by atoms with Crippen LogP contribution in [0.15, 0.2) is 40.1 Å². The molecular weight excluding hydrogens is 212 g/mol. The SMILES string of the molecule is NSc1nc(Cc2ccccc2)cs1. The van der Waals surface area contributed by atoms with Crippen LogP contribution >= 0.6 is 23.3 Å². The molecule has 0 aliphatic carbocycles. The van der Waals surface area contributed by atoms with Gasteiger partial charge in [0.2, 0.25) is 0 Å². The summed E-state index contributed by atoms with van der Waals surface area (Å²) in [6.45, 7) is 0.